The Morgan fingerprint density at radius 1 is 1.22 bits per heavy atom. The van der Waals surface area contributed by atoms with E-state index in [9.17, 15) is 0 Å². The van der Waals surface area contributed by atoms with Crippen molar-refractivity contribution in [2.24, 2.45) is 0 Å². The van der Waals surface area contributed by atoms with Gasteiger partial charge in [0.25, 0.3) is 0 Å². The second-order valence-corrected chi connectivity index (χ2v) is 4.18. The fraction of sp³-hybridized carbons (Fsp3) is 0.333. The lowest BCUT2D eigenvalue weighted by atomic mass is 10.1. The number of benzene rings is 1. The first-order chi connectivity index (χ1) is 8.83. The molecular formula is C15H19NO2. The van der Waals surface area contributed by atoms with Crippen molar-refractivity contribution in [2.75, 3.05) is 13.7 Å². The summed E-state index contributed by atoms with van der Waals surface area (Å²) >= 11 is 0. The molecule has 0 spiro atoms. The average Bonchev–Trinajstić information content (AvgIpc) is 2.86. The highest BCUT2D eigenvalue weighted by atomic mass is 16.5. The Morgan fingerprint density at radius 2 is 2.11 bits per heavy atom. The molecule has 3 nitrogen and oxygen atoms in total. The maximum Gasteiger partial charge on any atom is 0.134 e. The van der Waals surface area contributed by atoms with E-state index in [1.54, 1.807) is 7.11 Å². The SMILES string of the molecule is CCNCc1ccc(-c2cccc(COC)c2)o1. The summed E-state index contributed by atoms with van der Waals surface area (Å²) in [6, 6.07) is 12.2. The van der Waals surface area contributed by atoms with E-state index in [-0.39, 0.29) is 0 Å². The Bertz CT molecular complexity index is 491. The van der Waals surface area contributed by atoms with Crippen LogP contribution < -0.4 is 5.32 Å². The van der Waals surface area contributed by atoms with Crippen molar-refractivity contribution in [1.29, 1.82) is 0 Å². The number of hydrogen-bond donors (Lipinski definition) is 1. The van der Waals surface area contributed by atoms with Gasteiger partial charge in [-0.25, -0.2) is 0 Å². The lowest BCUT2D eigenvalue weighted by Gasteiger charge is -2.02. The molecule has 1 N–H and O–H groups in total. The quantitative estimate of drug-likeness (QED) is 0.848. The highest BCUT2D eigenvalue weighted by molar-refractivity contribution is 5.58. The van der Waals surface area contributed by atoms with E-state index < -0.39 is 0 Å². The molecule has 0 aliphatic carbocycles. The van der Waals surface area contributed by atoms with Gasteiger partial charge in [0.15, 0.2) is 0 Å². The molecule has 1 aromatic carbocycles. The van der Waals surface area contributed by atoms with Crippen LogP contribution in [-0.4, -0.2) is 13.7 Å². The molecule has 0 fully saturated rings. The minimum absolute atomic E-state index is 0.624. The van der Waals surface area contributed by atoms with Crippen molar-refractivity contribution in [2.45, 2.75) is 20.1 Å². The maximum absolute atomic E-state index is 5.80. The van der Waals surface area contributed by atoms with Crippen LogP contribution in [0.25, 0.3) is 11.3 Å². The molecule has 0 atom stereocenters. The third-order valence-electron chi connectivity index (χ3n) is 2.73. The van der Waals surface area contributed by atoms with E-state index in [0.717, 1.165) is 35.7 Å². The molecule has 18 heavy (non-hydrogen) atoms. The van der Waals surface area contributed by atoms with Crippen LogP contribution in [0.3, 0.4) is 0 Å². The van der Waals surface area contributed by atoms with Crippen LogP contribution in [0.5, 0.6) is 0 Å². The van der Waals surface area contributed by atoms with Crippen molar-refractivity contribution in [1.82, 2.24) is 5.32 Å². The normalized spacial score (nSPS) is 10.8. The second kappa shape index (κ2) is 6.38. The average molecular weight is 245 g/mol. The van der Waals surface area contributed by atoms with Crippen molar-refractivity contribution in [3.63, 3.8) is 0 Å². The number of furan rings is 1. The summed E-state index contributed by atoms with van der Waals surface area (Å²) in [5, 5.41) is 3.25. The Kier molecular flexibility index (Phi) is 4.56. The second-order valence-electron chi connectivity index (χ2n) is 4.18. The third kappa shape index (κ3) is 3.22. The molecule has 2 rings (SSSR count). The molecule has 0 unspecified atom stereocenters. The lowest BCUT2D eigenvalue weighted by molar-refractivity contribution is 0.185. The highest BCUT2D eigenvalue weighted by Gasteiger charge is 2.05. The molecule has 0 bridgehead atoms. The maximum atomic E-state index is 5.80. The summed E-state index contributed by atoms with van der Waals surface area (Å²) in [4.78, 5) is 0. The topological polar surface area (TPSA) is 34.4 Å². The Hall–Kier alpha value is -1.58. The van der Waals surface area contributed by atoms with Gasteiger partial charge in [0, 0.05) is 12.7 Å². The molecule has 3 heteroatoms. The molecular weight excluding hydrogens is 226 g/mol. The van der Waals surface area contributed by atoms with Gasteiger partial charge in [-0.2, -0.15) is 0 Å². The first-order valence-corrected chi connectivity index (χ1v) is 6.21. The number of methoxy groups -OCH3 is 1. The molecule has 0 aliphatic rings. The van der Waals surface area contributed by atoms with Gasteiger partial charge >= 0.3 is 0 Å². The minimum Gasteiger partial charge on any atom is -0.460 e. The molecule has 0 amide bonds. The van der Waals surface area contributed by atoms with Gasteiger partial charge in [0.05, 0.1) is 13.2 Å². The number of rotatable bonds is 6. The summed E-state index contributed by atoms with van der Waals surface area (Å²) < 4.78 is 10.9. The van der Waals surface area contributed by atoms with Gasteiger partial charge < -0.3 is 14.5 Å². The van der Waals surface area contributed by atoms with Crippen LogP contribution in [0, 0.1) is 0 Å². The fourth-order valence-electron chi connectivity index (χ4n) is 1.86. The predicted molar refractivity (Wildman–Crippen MR) is 72.2 cm³/mol. The van der Waals surface area contributed by atoms with Crippen molar-refractivity contribution in [3.8, 4) is 11.3 Å². The van der Waals surface area contributed by atoms with E-state index in [0.29, 0.717) is 6.61 Å². The van der Waals surface area contributed by atoms with Crippen LogP contribution in [0.4, 0.5) is 0 Å². The summed E-state index contributed by atoms with van der Waals surface area (Å²) in [6.07, 6.45) is 0. The van der Waals surface area contributed by atoms with Crippen LogP contribution in [-0.2, 0) is 17.9 Å². The van der Waals surface area contributed by atoms with Gasteiger partial charge in [0.1, 0.15) is 11.5 Å². The first-order valence-electron chi connectivity index (χ1n) is 6.21. The van der Waals surface area contributed by atoms with Gasteiger partial charge in [-0.05, 0) is 30.3 Å². The van der Waals surface area contributed by atoms with E-state index >= 15 is 0 Å². The Labute approximate surface area is 108 Å². The molecule has 2 aromatic rings. The van der Waals surface area contributed by atoms with E-state index in [1.807, 2.05) is 18.2 Å². The van der Waals surface area contributed by atoms with Gasteiger partial charge in [-0.1, -0.05) is 25.1 Å². The van der Waals surface area contributed by atoms with E-state index in [2.05, 4.69) is 30.4 Å². The summed E-state index contributed by atoms with van der Waals surface area (Å²) in [5.41, 5.74) is 2.24. The fourth-order valence-corrected chi connectivity index (χ4v) is 1.86. The van der Waals surface area contributed by atoms with Crippen molar-refractivity contribution in [3.05, 3.63) is 47.7 Å². The summed E-state index contributed by atoms with van der Waals surface area (Å²) in [5.74, 6) is 1.87. The highest BCUT2D eigenvalue weighted by Crippen LogP contribution is 2.23. The standard InChI is InChI=1S/C15H19NO2/c1-3-16-10-14-7-8-15(18-14)13-6-4-5-12(9-13)11-17-2/h4-9,16H,3,10-11H2,1-2H3. The van der Waals surface area contributed by atoms with Gasteiger partial charge in [-0.3, -0.25) is 0 Å². The molecule has 0 radical (unpaired) electrons. The zero-order valence-corrected chi connectivity index (χ0v) is 10.9. The van der Waals surface area contributed by atoms with Gasteiger partial charge in [-0.15, -0.1) is 0 Å². The summed E-state index contributed by atoms with van der Waals surface area (Å²) in [7, 11) is 1.70. The van der Waals surface area contributed by atoms with Crippen molar-refractivity contribution < 1.29 is 9.15 Å². The van der Waals surface area contributed by atoms with E-state index in [1.165, 1.54) is 0 Å². The van der Waals surface area contributed by atoms with Crippen LogP contribution >= 0.6 is 0 Å². The zero-order valence-electron chi connectivity index (χ0n) is 10.9. The molecule has 96 valence electrons. The third-order valence-corrected chi connectivity index (χ3v) is 2.73. The predicted octanol–water partition coefficient (Wildman–Crippen LogP) is 3.20. The van der Waals surface area contributed by atoms with Crippen LogP contribution in [0.2, 0.25) is 0 Å². The molecule has 0 aliphatic heterocycles. The number of ether oxygens (including phenoxy) is 1. The number of nitrogens with one attached hydrogen (secondary N) is 1. The van der Waals surface area contributed by atoms with Crippen LogP contribution in [0.15, 0.2) is 40.8 Å². The first kappa shape index (κ1) is 12.9. The number of hydrogen-bond acceptors (Lipinski definition) is 3. The Morgan fingerprint density at radius 3 is 2.89 bits per heavy atom. The molecule has 0 saturated carbocycles. The van der Waals surface area contributed by atoms with Crippen LogP contribution in [0.1, 0.15) is 18.2 Å². The Balaban J connectivity index is 2.15. The summed E-state index contributed by atoms with van der Waals surface area (Å²) in [6.45, 7) is 4.42. The van der Waals surface area contributed by atoms with Gasteiger partial charge in [0.2, 0.25) is 0 Å². The largest absolute Gasteiger partial charge is 0.460 e. The van der Waals surface area contributed by atoms with Crippen molar-refractivity contribution >= 4 is 0 Å². The smallest absolute Gasteiger partial charge is 0.134 e. The lowest BCUT2D eigenvalue weighted by Crippen LogP contribution is -2.10. The zero-order chi connectivity index (χ0) is 12.8. The molecule has 0 saturated heterocycles. The molecule has 1 heterocycles. The molecule has 1 aromatic heterocycles. The minimum atomic E-state index is 0.624. The van der Waals surface area contributed by atoms with E-state index in [4.69, 9.17) is 9.15 Å². The monoisotopic (exact) mass is 245 g/mol.